The van der Waals surface area contributed by atoms with Crippen molar-refractivity contribution in [3.8, 4) is 11.5 Å². The summed E-state index contributed by atoms with van der Waals surface area (Å²) >= 11 is 0. The van der Waals surface area contributed by atoms with E-state index in [-0.39, 0.29) is 68.9 Å². The van der Waals surface area contributed by atoms with Crippen LogP contribution in [0.3, 0.4) is 0 Å². The van der Waals surface area contributed by atoms with Crippen LogP contribution in [0.4, 0.5) is 0 Å². The molecular weight excluding hydrogens is 757 g/mol. The fraction of sp³-hybridized carbons (Fsp3) is 0.318. The van der Waals surface area contributed by atoms with Crippen molar-refractivity contribution < 1.29 is 44.1 Å². The highest BCUT2D eigenvalue weighted by Crippen LogP contribution is 2.13. The van der Waals surface area contributed by atoms with Gasteiger partial charge in [0.2, 0.25) is 29.5 Å². The molecule has 15 heteroatoms. The van der Waals surface area contributed by atoms with Gasteiger partial charge in [0.1, 0.15) is 18.0 Å². The molecule has 4 aromatic rings. The number of nitrogens with zero attached hydrogens (tertiary/aromatic N) is 1. The number of amides is 5. The van der Waals surface area contributed by atoms with Gasteiger partial charge in [-0.3, -0.25) is 33.7 Å². The Morgan fingerprint density at radius 2 is 0.864 bits per heavy atom. The quantitative estimate of drug-likeness (QED) is 0.0513. The van der Waals surface area contributed by atoms with Gasteiger partial charge in [-0.1, -0.05) is 84.9 Å². The summed E-state index contributed by atoms with van der Waals surface area (Å²) in [6, 6.07) is 30.6. The Morgan fingerprint density at radius 3 is 1.25 bits per heavy atom. The van der Waals surface area contributed by atoms with E-state index >= 15 is 0 Å². The Hall–Kier alpha value is -6.74. The van der Waals surface area contributed by atoms with E-state index in [1.807, 2.05) is 60.7 Å². The van der Waals surface area contributed by atoms with Crippen molar-refractivity contribution in [3.63, 3.8) is 0 Å². The van der Waals surface area contributed by atoms with E-state index in [1.54, 1.807) is 29.2 Å². The van der Waals surface area contributed by atoms with Crippen LogP contribution in [0.15, 0.2) is 109 Å². The first-order valence-electron chi connectivity index (χ1n) is 19.4. The average Bonchev–Trinajstić information content (AvgIpc) is 3.21. The van der Waals surface area contributed by atoms with Crippen LogP contribution in [0.2, 0.25) is 0 Å². The SMILES string of the molecule is O=C(O)CNC(=O)CN(C[C@H](Cc1ccccc1)NC(=O)CNC(=O)CCc1ccc(O)cc1)C[C@H](Cc1ccccc1)NC(=O)CNC(=O)CCc1ccc(O)cc1. The Balaban J connectivity index is 1.45. The van der Waals surface area contributed by atoms with Crippen LogP contribution in [0.5, 0.6) is 11.5 Å². The number of carboxylic acids is 1. The minimum absolute atomic E-state index is 0.102. The zero-order chi connectivity index (χ0) is 42.4. The first kappa shape index (κ1) is 45.0. The predicted molar refractivity (Wildman–Crippen MR) is 220 cm³/mol. The van der Waals surface area contributed by atoms with Crippen LogP contribution in [-0.4, -0.2) is 107 Å². The molecule has 0 radical (unpaired) electrons. The summed E-state index contributed by atoms with van der Waals surface area (Å²) in [5.74, 6) is -3.15. The number of phenolic OH excluding ortho intramolecular Hbond substituents is 2. The van der Waals surface area contributed by atoms with Crippen molar-refractivity contribution in [3.05, 3.63) is 131 Å². The van der Waals surface area contributed by atoms with E-state index in [0.717, 1.165) is 22.3 Å². The molecule has 0 fully saturated rings. The molecule has 0 heterocycles. The van der Waals surface area contributed by atoms with Crippen LogP contribution in [0.1, 0.15) is 35.1 Å². The zero-order valence-corrected chi connectivity index (χ0v) is 32.8. The molecule has 0 aliphatic rings. The molecule has 5 amide bonds. The third-order valence-corrected chi connectivity index (χ3v) is 9.19. The molecular formula is C44H52N6O9. The van der Waals surface area contributed by atoms with Crippen LogP contribution in [0, 0.1) is 0 Å². The number of hydrogen-bond donors (Lipinski definition) is 8. The largest absolute Gasteiger partial charge is 0.508 e. The van der Waals surface area contributed by atoms with Gasteiger partial charge >= 0.3 is 5.97 Å². The first-order valence-corrected chi connectivity index (χ1v) is 19.4. The van der Waals surface area contributed by atoms with Gasteiger partial charge in [0.15, 0.2) is 0 Å². The third kappa shape index (κ3) is 18.4. The Morgan fingerprint density at radius 1 is 0.475 bits per heavy atom. The normalized spacial score (nSPS) is 11.8. The molecule has 0 aliphatic heterocycles. The van der Waals surface area contributed by atoms with Crippen LogP contribution >= 0.6 is 0 Å². The number of benzene rings is 4. The van der Waals surface area contributed by atoms with Gasteiger partial charge in [0.05, 0.1) is 19.6 Å². The lowest BCUT2D eigenvalue weighted by Crippen LogP contribution is -2.54. The molecule has 0 spiro atoms. The number of rotatable bonds is 24. The van der Waals surface area contributed by atoms with E-state index in [2.05, 4.69) is 26.6 Å². The number of carbonyl (C=O) groups is 6. The molecule has 0 saturated carbocycles. The second-order valence-corrected chi connectivity index (χ2v) is 14.2. The minimum atomic E-state index is -1.22. The third-order valence-electron chi connectivity index (χ3n) is 9.19. The molecule has 8 N–H and O–H groups in total. The van der Waals surface area contributed by atoms with E-state index in [0.29, 0.717) is 25.7 Å². The summed E-state index contributed by atoms with van der Waals surface area (Å²) in [4.78, 5) is 77.9. The lowest BCUT2D eigenvalue weighted by Gasteiger charge is -2.31. The number of hydrogen-bond acceptors (Lipinski definition) is 9. The number of nitrogens with one attached hydrogen (secondary N) is 5. The molecule has 15 nitrogen and oxygen atoms in total. The second kappa shape index (κ2) is 24.1. The number of carboxylic acid groups (broad SMARTS) is 1. The van der Waals surface area contributed by atoms with Gasteiger partial charge in [-0.05, 0) is 72.2 Å². The fourth-order valence-electron chi connectivity index (χ4n) is 6.31. The molecule has 2 atom stereocenters. The minimum Gasteiger partial charge on any atom is -0.508 e. The number of aryl methyl sites for hydroxylation is 2. The zero-order valence-electron chi connectivity index (χ0n) is 32.8. The Bertz CT molecular complexity index is 1840. The summed E-state index contributed by atoms with van der Waals surface area (Å²) in [5.41, 5.74) is 3.49. The van der Waals surface area contributed by atoms with Crippen molar-refractivity contribution in [2.24, 2.45) is 0 Å². The van der Waals surface area contributed by atoms with Gasteiger partial charge in [-0.25, -0.2) is 0 Å². The number of aliphatic carboxylic acids is 1. The second-order valence-electron chi connectivity index (χ2n) is 14.2. The molecule has 4 rings (SSSR count). The van der Waals surface area contributed by atoms with Gasteiger partial charge in [0, 0.05) is 38.0 Å². The molecule has 0 aliphatic carbocycles. The summed E-state index contributed by atoms with van der Waals surface area (Å²) in [7, 11) is 0. The van der Waals surface area contributed by atoms with E-state index in [4.69, 9.17) is 0 Å². The lowest BCUT2D eigenvalue weighted by molar-refractivity contribution is -0.138. The molecule has 4 aromatic carbocycles. The van der Waals surface area contributed by atoms with E-state index < -0.39 is 42.3 Å². The highest BCUT2D eigenvalue weighted by Gasteiger charge is 2.24. The molecule has 0 unspecified atom stereocenters. The number of aromatic hydroxyl groups is 2. The summed E-state index contributed by atoms with van der Waals surface area (Å²) < 4.78 is 0. The van der Waals surface area contributed by atoms with Crippen molar-refractivity contribution in [2.45, 2.75) is 50.6 Å². The smallest absolute Gasteiger partial charge is 0.322 e. The molecule has 59 heavy (non-hydrogen) atoms. The van der Waals surface area contributed by atoms with Gasteiger partial charge in [-0.15, -0.1) is 0 Å². The maximum atomic E-state index is 13.3. The van der Waals surface area contributed by atoms with Crippen LogP contribution in [0.25, 0.3) is 0 Å². The maximum Gasteiger partial charge on any atom is 0.322 e. The molecule has 0 saturated heterocycles. The lowest BCUT2D eigenvalue weighted by atomic mass is 10.0. The number of phenols is 2. The monoisotopic (exact) mass is 808 g/mol. The van der Waals surface area contributed by atoms with Gasteiger partial charge in [0.25, 0.3) is 0 Å². The summed E-state index contributed by atoms with van der Waals surface area (Å²) in [6.07, 6.45) is 1.78. The van der Waals surface area contributed by atoms with Crippen molar-refractivity contribution in [2.75, 3.05) is 39.3 Å². The maximum absolute atomic E-state index is 13.3. The topological polar surface area (TPSA) is 226 Å². The summed E-state index contributed by atoms with van der Waals surface area (Å²) in [6.45, 7) is -1.26. The van der Waals surface area contributed by atoms with Crippen LogP contribution in [-0.2, 0) is 54.5 Å². The Labute approximate surface area is 343 Å². The highest BCUT2D eigenvalue weighted by molar-refractivity contribution is 5.86. The van der Waals surface area contributed by atoms with Crippen molar-refractivity contribution >= 4 is 35.5 Å². The fourth-order valence-corrected chi connectivity index (χ4v) is 6.31. The molecule has 0 aromatic heterocycles. The van der Waals surface area contributed by atoms with Gasteiger partial charge in [-0.2, -0.15) is 0 Å². The standard InChI is InChI=1S/C44H52N6O9/c51-37-17-11-31(12-18-37)15-21-39(53)45-25-41(55)48-35(23-33-7-3-1-4-8-33)28-50(30-43(57)47-27-44(58)59)29-36(24-34-9-5-2-6-10-34)49-42(56)26-46-40(54)22-16-32-13-19-38(52)20-14-32/h1-14,17-20,35-36,51-52H,15-16,21-30H2,(H,45,53)(H,46,54)(H,47,57)(H,48,55)(H,49,56)(H,58,59)/t35-,36-/m0/s1. The van der Waals surface area contributed by atoms with Gasteiger partial charge < -0.3 is 41.9 Å². The van der Waals surface area contributed by atoms with E-state index in [1.165, 1.54) is 24.3 Å². The first-order chi connectivity index (χ1) is 28.4. The predicted octanol–water partition coefficient (Wildman–Crippen LogP) is 1.85. The van der Waals surface area contributed by atoms with Crippen LogP contribution < -0.4 is 26.6 Å². The molecule has 0 bridgehead atoms. The van der Waals surface area contributed by atoms with Crippen molar-refractivity contribution in [1.82, 2.24) is 31.5 Å². The Kier molecular flexibility index (Phi) is 18.4. The molecule has 312 valence electrons. The number of carbonyl (C=O) groups excluding carboxylic acids is 5. The highest BCUT2D eigenvalue weighted by atomic mass is 16.4. The average molecular weight is 809 g/mol. The van der Waals surface area contributed by atoms with Crippen molar-refractivity contribution in [1.29, 1.82) is 0 Å². The summed E-state index contributed by atoms with van der Waals surface area (Å²) in [5, 5.41) is 41.8. The van der Waals surface area contributed by atoms with E-state index in [9.17, 15) is 44.1 Å².